The summed E-state index contributed by atoms with van der Waals surface area (Å²) in [6, 6.07) is 0. The monoisotopic (exact) mass is 497 g/mol. The van der Waals surface area contributed by atoms with Crippen molar-refractivity contribution in [2.75, 3.05) is 4.43 Å². The van der Waals surface area contributed by atoms with E-state index in [0.717, 1.165) is 17.3 Å². The number of carbonyl (C=O) groups is 3. The number of hydrogen-bond donors (Lipinski definition) is 0. The van der Waals surface area contributed by atoms with Crippen molar-refractivity contribution >= 4 is 17.5 Å². The molecule has 1 unspecified atom stereocenters. The van der Waals surface area contributed by atoms with Crippen LogP contribution < -0.4 is 21.2 Å². The molecule has 0 bridgehead atoms. The van der Waals surface area contributed by atoms with Crippen LogP contribution in [0.4, 0.5) is 0 Å². The Bertz CT molecular complexity index is 826. The van der Waals surface area contributed by atoms with E-state index in [1.807, 2.05) is 6.08 Å². The van der Waals surface area contributed by atoms with Crippen LogP contribution in [-0.2, 0) is 19.1 Å². The number of hydrogen-bond acceptors (Lipinski definition) is 4. The van der Waals surface area contributed by atoms with E-state index in [-0.39, 0.29) is 49.6 Å². The van der Waals surface area contributed by atoms with Crippen LogP contribution in [0.1, 0.15) is 60.3 Å². The summed E-state index contributed by atoms with van der Waals surface area (Å²) in [5.41, 5.74) is 1.32. The molecule has 6 atom stereocenters. The molecule has 3 aliphatic carbocycles. The number of ketones is 2. The number of halogens is 1. The van der Waals surface area contributed by atoms with E-state index in [0.29, 0.717) is 28.6 Å². The number of esters is 1. The molecule has 1 heterocycles. The van der Waals surface area contributed by atoms with Crippen LogP contribution in [0, 0.1) is 22.7 Å². The van der Waals surface area contributed by atoms with Gasteiger partial charge >= 0.3 is 178 Å². The molecule has 0 aromatic rings. The Morgan fingerprint density at radius 2 is 1.93 bits per heavy atom. The van der Waals surface area contributed by atoms with E-state index in [1.54, 1.807) is 6.92 Å². The number of carbonyl (C=O) groups excluding carboxylic acids is 3. The van der Waals surface area contributed by atoms with Crippen molar-refractivity contribution in [3.8, 4) is 0 Å². The fraction of sp³-hybridized carbons (Fsp3) is 0.696. The van der Waals surface area contributed by atoms with Gasteiger partial charge in [0.1, 0.15) is 0 Å². The van der Waals surface area contributed by atoms with Gasteiger partial charge in [0, 0.05) is 0 Å². The molecule has 2 fully saturated rings. The summed E-state index contributed by atoms with van der Waals surface area (Å²) < 4.78 is 7.42. The molecular weight excluding hydrogens is 467 g/mol. The zero-order valence-electron chi connectivity index (χ0n) is 17.4. The Morgan fingerprint density at radius 1 is 1.21 bits per heavy atom. The predicted octanol–water partition coefficient (Wildman–Crippen LogP) is 0.637. The molecular formula is C23H30IO4-. The van der Waals surface area contributed by atoms with Crippen molar-refractivity contribution in [3.63, 3.8) is 0 Å². The van der Waals surface area contributed by atoms with Gasteiger partial charge < -0.3 is 0 Å². The Labute approximate surface area is 177 Å². The average Bonchev–Trinajstić information content (AvgIpc) is 2.90. The van der Waals surface area contributed by atoms with Gasteiger partial charge in [0.15, 0.2) is 0 Å². The Balaban J connectivity index is 1.79. The Hall–Kier alpha value is -0.980. The third-order valence-corrected chi connectivity index (χ3v) is 13.2. The minimum absolute atomic E-state index is 0.00160. The number of allylic oxidation sites excluding steroid dienone is 4. The van der Waals surface area contributed by atoms with E-state index in [1.165, 1.54) is 18.1 Å². The Morgan fingerprint density at radius 3 is 2.57 bits per heavy atom. The van der Waals surface area contributed by atoms with Gasteiger partial charge in [-0.1, -0.05) is 0 Å². The first-order valence-electron chi connectivity index (χ1n) is 10.3. The van der Waals surface area contributed by atoms with Gasteiger partial charge in [-0.15, -0.1) is 0 Å². The van der Waals surface area contributed by atoms with Crippen molar-refractivity contribution in [1.82, 2.24) is 0 Å². The van der Waals surface area contributed by atoms with Crippen molar-refractivity contribution in [2.24, 2.45) is 22.7 Å². The second-order valence-electron chi connectivity index (χ2n) is 9.60. The molecule has 0 N–H and O–H groups in total. The first kappa shape index (κ1) is 20.3. The fourth-order valence-corrected chi connectivity index (χ4v) is 12.1. The normalized spacial score (nSPS) is 44.9. The van der Waals surface area contributed by atoms with E-state index in [4.69, 9.17) is 4.74 Å². The van der Waals surface area contributed by atoms with Crippen molar-refractivity contribution < 1.29 is 40.3 Å². The van der Waals surface area contributed by atoms with Gasteiger partial charge in [0.05, 0.1) is 0 Å². The second-order valence-corrected chi connectivity index (χ2v) is 12.6. The number of alkyl halides is 2. The molecule has 1 aliphatic heterocycles. The summed E-state index contributed by atoms with van der Waals surface area (Å²) in [6.45, 7) is 9.72. The SMILES string of the molecule is CC(=O)O[C@]1(C(C)=O)CC[C@H]2[C@@H]3C=C(C)C4=CC(=O)CC[C@]4(C)C3[I-]C[C@@]21C. The molecule has 0 spiro atoms. The topological polar surface area (TPSA) is 60.4 Å². The predicted molar refractivity (Wildman–Crippen MR) is 102 cm³/mol. The van der Waals surface area contributed by atoms with Gasteiger partial charge in [0.2, 0.25) is 0 Å². The molecule has 0 amide bonds. The van der Waals surface area contributed by atoms with Gasteiger partial charge in [0.25, 0.3) is 0 Å². The second kappa shape index (κ2) is 6.51. The maximum absolute atomic E-state index is 12.8. The molecule has 1 saturated heterocycles. The number of fused-ring (bicyclic) bond motifs is 5. The molecule has 154 valence electrons. The third-order valence-electron chi connectivity index (χ3n) is 8.05. The summed E-state index contributed by atoms with van der Waals surface area (Å²) >= 11 is -0.211. The van der Waals surface area contributed by atoms with Gasteiger partial charge in [-0.25, -0.2) is 0 Å². The van der Waals surface area contributed by atoms with E-state index in [2.05, 4.69) is 26.8 Å². The first-order chi connectivity index (χ1) is 13.0. The number of ether oxygens (including phenoxy) is 1. The molecule has 0 radical (unpaired) electrons. The molecule has 0 aromatic carbocycles. The average molecular weight is 497 g/mol. The van der Waals surface area contributed by atoms with Crippen LogP contribution in [0.25, 0.3) is 0 Å². The molecule has 4 rings (SSSR count). The van der Waals surface area contributed by atoms with E-state index in [9.17, 15) is 14.4 Å². The van der Waals surface area contributed by atoms with Crippen LogP contribution in [0.3, 0.4) is 0 Å². The minimum atomic E-state index is -0.963. The summed E-state index contributed by atoms with van der Waals surface area (Å²) in [5, 5.41) is 0. The number of rotatable bonds is 2. The zero-order valence-corrected chi connectivity index (χ0v) is 19.6. The van der Waals surface area contributed by atoms with E-state index < -0.39 is 5.60 Å². The molecule has 0 aromatic heterocycles. The van der Waals surface area contributed by atoms with Crippen molar-refractivity contribution in [1.29, 1.82) is 0 Å². The summed E-state index contributed by atoms with van der Waals surface area (Å²) in [4.78, 5) is 36.8. The van der Waals surface area contributed by atoms with Gasteiger partial charge in [-0.05, 0) is 0 Å². The number of Topliss-reactive ketones (excluding diaryl/α,β-unsaturated/α-hetero) is 1. The van der Waals surface area contributed by atoms with E-state index >= 15 is 0 Å². The standard InChI is InChI=1S/C23H30IO4/c1-13-10-17-18-7-9-23(14(2)25,28-15(3)26)22(18,5)12-24-20(17)21(4)8-6-16(27)11-19(13)21/h10-11,17-18,20H,6-9,12H2,1-5H3/q-1/t17-,18-,20?,21-,22-,23-/m0/s1. The van der Waals surface area contributed by atoms with Crippen LogP contribution >= 0.6 is 0 Å². The van der Waals surface area contributed by atoms with Crippen LogP contribution in [0.2, 0.25) is 0 Å². The van der Waals surface area contributed by atoms with Crippen molar-refractivity contribution in [2.45, 2.75) is 69.8 Å². The first-order valence-corrected chi connectivity index (χ1v) is 13.0. The van der Waals surface area contributed by atoms with Crippen LogP contribution in [0.15, 0.2) is 23.3 Å². The molecule has 4 nitrogen and oxygen atoms in total. The maximum atomic E-state index is 12.8. The van der Waals surface area contributed by atoms with Gasteiger partial charge in [-0.2, -0.15) is 0 Å². The van der Waals surface area contributed by atoms with Crippen molar-refractivity contribution in [3.05, 3.63) is 23.3 Å². The molecule has 4 aliphatic rings. The fourth-order valence-electron chi connectivity index (χ4n) is 6.64. The summed E-state index contributed by atoms with van der Waals surface area (Å²) in [7, 11) is 0. The zero-order chi connectivity index (χ0) is 20.5. The summed E-state index contributed by atoms with van der Waals surface area (Å²) in [5.74, 6) is 0.667. The third kappa shape index (κ3) is 2.56. The summed E-state index contributed by atoms with van der Waals surface area (Å²) in [6.07, 6.45) is 7.44. The van der Waals surface area contributed by atoms with Crippen LogP contribution in [-0.4, -0.2) is 31.5 Å². The quantitative estimate of drug-likeness (QED) is 0.319. The molecule has 28 heavy (non-hydrogen) atoms. The van der Waals surface area contributed by atoms with Gasteiger partial charge in [-0.3, -0.25) is 0 Å². The molecule has 5 heteroatoms. The molecule has 1 saturated carbocycles. The van der Waals surface area contributed by atoms with Crippen LogP contribution in [0.5, 0.6) is 0 Å². The Kier molecular flexibility index (Phi) is 4.72.